The monoisotopic (exact) mass is 355 g/mol. The van der Waals surface area contributed by atoms with E-state index >= 15 is 0 Å². The second-order valence-electron chi connectivity index (χ2n) is 5.78. The standard InChI is InChI=1S/C20H25N3O3/c1-4-14-23(15-5-2)20(24)13-12-19-22-21-18(26-19)11-10-16-8-6-7-9-17(16)25-3/h4-9H,1-2,10-15H2,3H3. The Labute approximate surface area is 154 Å². The van der Waals surface area contributed by atoms with E-state index in [0.717, 1.165) is 17.7 Å². The first-order chi connectivity index (χ1) is 12.7. The molecule has 6 nitrogen and oxygen atoms in total. The van der Waals surface area contributed by atoms with E-state index in [1.807, 2.05) is 24.3 Å². The van der Waals surface area contributed by atoms with Gasteiger partial charge < -0.3 is 14.1 Å². The summed E-state index contributed by atoms with van der Waals surface area (Å²) in [5, 5.41) is 8.10. The number of hydrogen-bond donors (Lipinski definition) is 0. The van der Waals surface area contributed by atoms with Crippen LogP contribution in [0.15, 0.2) is 54.0 Å². The van der Waals surface area contributed by atoms with Crippen molar-refractivity contribution in [1.29, 1.82) is 0 Å². The first kappa shape index (κ1) is 19.4. The Morgan fingerprint density at radius 2 is 1.77 bits per heavy atom. The minimum Gasteiger partial charge on any atom is -0.496 e. The summed E-state index contributed by atoms with van der Waals surface area (Å²) in [6.07, 6.45) is 5.51. The summed E-state index contributed by atoms with van der Waals surface area (Å²) in [5.41, 5.74) is 1.09. The third-order valence-corrected chi connectivity index (χ3v) is 3.91. The third kappa shape index (κ3) is 5.58. The van der Waals surface area contributed by atoms with Gasteiger partial charge in [0.1, 0.15) is 5.75 Å². The molecule has 0 aliphatic carbocycles. The molecule has 138 valence electrons. The zero-order valence-electron chi connectivity index (χ0n) is 15.2. The molecule has 1 heterocycles. The number of hydrogen-bond acceptors (Lipinski definition) is 5. The van der Waals surface area contributed by atoms with Crippen LogP contribution in [-0.2, 0) is 24.1 Å². The van der Waals surface area contributed by atoms with E-state index < -0.39 is 0 Å². The van der Waals surface area contributed by atoms with E-state index in [9.17, 15) is 4.79 Å². The normalized spacial score (nSPS) is 10.3. The molecule has 26 heavy (non-hydrogen) atoms. The van der Waals surface area contributed by atoms with Gasteiger partial charge in [-0.1, -0.05) is 30.4 Å². The van der Waals surface area contributed by atoms with Gasteiger partial charge in [0.15, 0.2) is 0 Å². The van der Waals surface area contributed by atoms with Crippen molar-refractivity contribution in [1.82, 2.24) is 15.1 Å². The number of aromatic nitrogens is 2. The minimum atomic E-state index is 0.0126. The zero-order chi connectivity index (χ0) is 18.8. The molecular weight excluding hydrogens is 330 g/mol. The number of methoxy groups -OCH3 is 1. The Hall–Kier alpha value is -2.89. The number of benzene rings is 1. The van der Waals surface area contributed by atoms with Gasteiger partial charge in [-0.2, -0.15) is 0 Å². The lowest BCUT2D eigenvalue weighted by Crippen LogP contribution is -2.31. The maximum atomic E-state index is 12.2. The van der Waals surface area contributed by atoms with Crippen molar-refractivity contribution in [2.75, 3.05) is 20.2 Å². The fourth-order valence-corrected chi connectivity index (χ4v) is 2.60. The van der Waals surface area contributed by atoms with Crippen LogP contribution in [0.1, 0.15) is 23.8 Å². The van der Waals surface area contributed by atoms with Crippen LogP contribution in [0, 0.1) is 0 Å². The lowest BCUT2D eigenvalue weighted by molar-refractivity contribution is -0.130. The van der Waals surface area contributed by atoms with E-state index in [1.165, 1.54) is 0 Å². The molecule has 0 spiro atoms. The molecule has 0 fully saturated rings. The zero-order valence-corrected chi connectivity index (χ0v) is 15.2. The fourth-order valence-electron chi connectivity index (χ4n) is 2.60. The SMILES string of the molecule is C=CCN(CC=C)C(=O)CCc1nnc(CCc2ccccc2OC)o1. The van der Waals surface area contributed by atoms with Crippen LogP contribution in [-0.4, -0.2) is 41.2 Å². The highest BCUT2D eigenvalue weighted by Gasteiger charge is 2.14. The van der Waals surface area contributed by atoms with Crippen molar-refractivity contribution in [2.45, 2.75) is 25.7 Å². The van der Waals surface area contributed by atoms with Gasteiger partial charge in [0.25, 0.3) is 0 Å². The van der Waals surface area contributed by atoms with Crippen molar-refractivity contribution in [3.8, 4) is 5.75 Å². The summed E-state index contributed by atoms with van der Waals surface area (Å²) in [7, 11) is 1.66. The molecule has 0 aliphatic rings. The second-order valence-corrected chi connectivity index (χ2v) is 5.78. The number of rotatable bonds is 11. The molecule has 1 aromatic heterocycles. The molecule has 1 amide bonds. The fraction of sp³-hybridized carbons (Fsp3) is 0.350. The van der Waals surface area contributed by atoms with Crippen LogP contribution in [0.25, 0.3) is 0 Å². The Morgan fingerprint density at radius 1 is 1.12 bits per heavy atom. The lowest BCUT2D eigenvalue weighted by Gasteiger charge is -2.18. The van der Waals surface area contributed by atoms with Gasteiger partial charge >= 0.3 is 0 Å². The van der Waals surface area contributed by atoms with Crippen LogP contribution in [0.2, 0.25) is 0 Å². The maximum absolute atomic E-state index is 12.2. The van der Waals surface area contributed by atoms with Crippen molar-refractivity contribution in [3.05, 3.63) is 66.9 Å². The Kier molecular flexibility index (Phi) is 7.61. The van der Waals surface area contributed by atoms with Crippen LogP contribution in [0.3, 0.4) is 0 Å². The Balaban J connectivity index is 1.86. The summed E-state index contributed by atoms with van der Waals surface area (Å²) < 4.78 is 11.0. The topological polar surface area (TPSA) is 68.5 Å². The van der Waals surface area contributed by atoms with Crippen LogP contribution < -0.4 is 4.74 Å². The predicted octanol–water partition coefficient (Wildman–Crippen LogP) is 3.00. The molecule has 6 heteroatoms. The Morgan fingerprint density at radius 3 is 2.42 bits per heavy atom. The average Bonchev–Trinajstić information content (AvgIpc) is 3.12. The maximum Gasteiger partial charge on any atom is 0.223 e. The van der Waals surface area contributed by atoms with E-state index in [-0.39, 0.29) is 5.91 Å². The number of para-hydroxylation sites is 1. The molecule has 0 N–H and O–H groups in total. The first-order valence-electron chi connectivity index (χ1n) is 8.60. The number of aryl methyl sites for hydroxylation is 3. The van der Waals surface area contributed by atoms with Gasteiger partial charge in [-0.3, -0.25) is 4.79 Å². The molecule has 0 aliphatic heterocycles. The summed E-state index contributed by atoms with van der Waals surface area (Å²) in [4.78, 5) is 13.9. The summed E-state index contributed by atoms with van der Waals surface area (Å²) in [5.74, 6) is 1.90. The molecule has 0 radical (unpaired) electrons. The van der Waals surface area contributed by atoms with Gasteiger partial charge in [0, 0.05) is 32.4 Å². The molecule has 1 aromatic carbocycles. The number of carbonyl (C=O) groups excluding carboxylic acids is 1. The quantitative estimate of drug-likeness (QED) is 0.580. The summed E-state index contributed by atoms with van der Waals surface area (Å²) >= 11 is 0. The Bertz CT molecular complexity index is 729. The van der Waals surface area contributed by atoms with Crippen molar-refractivity contribution in [2.24, 2.45) is 0 Å². The van der Waals surface area contributed by atoms with Crippen LogP contribution >= 0.6 is 0 Å². The second kappa shape index (κ2) is 10.2. The molecule has 0 unspecified atom stereocenters. The first-order valence-corrected chi connectivity index (χ1v) is 8.60. The minimum absolute atomic E-state index is 0.0126. The third-order valence-electron chi connectivity index (χ3n) is 3.91. The number of amides is 1. The highest BCUT2D eigenvalue weighted by Crippen LogP contribution is 2.19. The largest absolute Gasteiger partial charge is 0.496 e. The molecule has 0 atom stereocenters. The van der Waals surface area contributed by atoms with Gasteiger partial charge in [-0.15, -0.1) is 23.4 Å². The highest BCUT2D eigenvalue weighted by molar-refractivity contribution is 5.76. The van der Waals surface area contributed by atoms with Crippen molar-refractivity contribution < 1.29 is 13.9 Å². The molecular formula is C20H25N3O3. The average molecular weight is 355 g/mol. The van der Waals surface area contributed by atoms with Gasteiger partial charge in [0.05, 0.1) is 7.11 Å². The number of nitrogens with zero attached hydrogens (tertiary/aromatic N) is 3. The number of ether oxygens (including phenoxy) is 1. The van der Waals surface area contributed by atoms with E-state index in [2.05, 4.69) is 23.4 Å². The molecule has 0 saturated heterocycles. The number of carbonyl (C=O) groups is 1. The van der Waals surface area contributed by atoms with Crippen LogP contribution in [0.5, 0.6) is 5.75 Å². The molecule has 0 saturated carbocycles. The van der Waals surface area contributed by atoms with E-state index in [1.54, 1.807) is 24.2 Å². The lowest BCUT2D eigenvalue weighted by atomic mass is 10.1. The molecule has 2 rings (SSSR count). The van der Waals surface area contributed by atoms with Crippen molar-refractivity contribution in [3.63, 3.8) is 0 Å². The van der Waals surface area contributed by atoms with Gasteiger partial charge in [-0.05, 0) is 18.1 Å². The van der Waals surface area contributed by atoms with E-state index in [0.29, 0.717) is 44.1 Å². The van der Waals surface area contributed by atoms with Crippen LogP contribution in [0.4, 0.5) is 0 Å². The van der Waals surface area contributed by atoms with Crippen molar-refractivity contribution >= 4 is 5.91 Å². The van der Waals surface area contributed by atoms with E-state index in [4.69, 9.17) is 9.15 Å². The van der Waals surface area contributed by atoms with Gasteiger partial charge in [0.2, 0.25) is 17.7 Å². The molecule has 2 aromatic rings. The highest BCUT2D eigenvalue weighted by atomic mass is 16.5. The smallest absolute Gasteiger partial charge is 0.223 e. The summed E-state index contributed by atoms with van der Waals surface area (Å²) in [6, 6.07) is 7.86. The summed E-state index contributed by atoms with van der Waals surface area (Å²) in [6.45, 7) is 8.33. The molecule has 0 bridgehead atoms. The predicted molar refractivity (Wildman–Crippen MR) is 100.0 cm³/mol. The van der Waals surface area contributed by atoms with Gasteiger partial charge in [-0.25, -0.2) is 0 Å².